The third-order valence-electron chi connectivity index (χ3n) is 2.47. The number of thiazole rings is 1. The second kappa shape index (κ2) is 5.28. The zero-order chi connectivity index (χ0) is 13.1. The lowest BCUT2D eigenvalue weighted by molar-refractivity contribution is 0.0688. The number of H-pyrrole nitrogens is 1. The molecule has 0 saturated heterocycles. The van der Waals surface area contributed by atoms with E-state index in [0.29, 0.717) is 18.7 Å². The Morgan fingerprint density at radius 1 is 1.56 bits per heavy atom. The first kappa shape index (κ1) is 12.7. The number of aromatic amines is 1. The van der Waals surface area contributed by atoms with Crippen molar-refractivity contribution < 1.29 is 9.90 Å². The molecule has 2 aromatic rings. The maximum absolute atomic E-state index is 10.9. The van der Waals surface area contributed by atoms with E-state index in [0.717, 1.165) is 10.7 Å². The van der Waals surface area contributed by atoms with Gasteiger partial charge in [-0.25, -0.2) is 9.78 Å². The van der Waals surface area contributed by atoms with Crippen LogP contribution in [-0.4, -0.2) is 38.2 Å². The molecule has 0 fully saturated rings. The van der Waals surface area contributed by atoms with E-state index >= 15 is 0 Å². The van der Waals surface area contributed by atoms with Crippen molar-refractivity contribution in [2.75, 3.05) is 7.05 Å². The summed E-state index contributed by atoms with van der Waals surface area (Å²) in [6, 6.07) is 0. The topological polar surface area (TPSA) is 82.1 Å². The molecule has 0 aliphatic carbocycles. The minimum absolute atomic E-state index is 0.149. The van der Waals surface area contributed by atoms with Crippen LogP contribution in [0.5, 0.6) is 0 Å². The van der Waals surface area contributed by atoms with Crippen LogP contribution in [0, 0.1) is 6.92 Å². The maximum Gasteiger partial charge on any atom is 0.354 e. The summed E-state index contributed by atoms with van der Waals surface area (Å²) in [7, 11) is 1.92. The van der Waals surface area contributed by atoms with Crippen LogP contribution < -0.4 is 0 Å². The van der Waals surface area contributed by atoms with Gasteiger partial charge >= 0.3 is 5.97 Å². The number of carboxylic acids is 1. The molecule has 2 N–H and O–H groups in total. The number of carbonyl (C=O) groups is 1. The van der Waals surface area contributed by atoms with Crippen LogP contribution in [0.1, 0.15) is 26.8 Å². The van der Waals surface area contributed by atoms with Gasteiger partial charge in [0.25, 0.3) is 0 Å². The Balaban J connectivity index is 2.00. The van der Waals surface area contributed by atoms with Gasteiger partial charge in [-0.2, -0.15) is 5.10 Å². The summed E-state index contributed by atoms with van der Waals surface area (Å²) in [5, 5.41) is 18.3. The number of nitrogens with zero attached hydrogens (tertiary/aromatic N) is 3. The molecule has 0 unspecified atom stereocenters. The first-order valence-electron chi connectivity index (χ1n) is 5.41. The first-order valence-corrected chi connectivity index (χ1v) is 6.29. The minimum atomic E-state index is -0.986. The van der Waals surface area contributed by atoms with Crippen molar-refractivity contribution in [2.45, 2.75) is 20.0 Å². The fraction of sp³-hybridized carbons (Fsp3) is 0.364. The SMILES string of the molecule is Cc1nc(CN(C)Cc2cn[nH]c2C(=O)O)cs1. The minimum Gasteiger partial charge on any atom is -0.477 e. The maximum atomic E-state index is 10.9. The fourth-order valence-corrected chi connectivity index (χ4v) is 2.32. The molecule has 0 atom stereocenters. The van der Waals surface area contributed by atoms with Crippen molar-refractivity contribution in [1.82, 2.24) is 20.1 Å². The molecule has 0 spiro atoms. The molecule has 2 heterocycles. The molecule has 0 radical (unpaired) electrons. The van der Waals surface area contributed by atoms with Crippen molar-refractivity contribution >= 4 is 17.3 Å². The van der Waals surface area contributed by atoms with Gasteiger partial charge in [-0.15, -0.1) is 11.3 Å². The quantitative estimate of drug-likeness (QED) is 0.857. The van der Waals surface area contributed by atoms with Gasteiger partial charge in [0, 0.05) is 24.0 Å². The molecule has 0 bridgehead atoms. The number of nitrogens with one attached hydrogen (secondary N) is 1. The van der Waals surface area contributed by atoms with E-state index in [4.69, 9.17) is 5.11 Å². The predicted molar refractivity (Wildman–Crippen MR) is 67.6 cm³/mol. The number of aromatic carboxylic acids is 1. The summed E-state index contributed by atoms with van der Waals surface area (Å²) in [5.74, 6) is -0.986. The Morgan fingerprint density at radius 2 is 2.33 bits per heavy atom. The van der Waals surface area contributed by atoms with E-state index in [9.17, 15) is 4.79 Å². The molecule has 6 nitrogen and oxygen atoms in total. The molecule has 0 aliphatic heterocycles. The van der Waals surface area contributed by atoms with Gasteiger partial charge in [0.15, 0.2) is 0 Å². The van der Waals surface area contributed by atoms with E-state index in [2.05, 4.69) is 15.2 Å². The summed E-state index contributed by atoms with van der Waals surface area (Å²) >= 11 is 1.61. The number of hydrogen-bond acceptors (Lipinski definition) is 5. The molecule has 96 valence electrons. The third kappa shape index (κ3) is 2.93. The summed E-state index contributed by atoms with van der Waals surface area (Å²) in [6.07, 6.45) is 1.55. The first-order chi connectivity index (χ1) is 8.56. The van der Waals surface area contributed by atoms with Crippen molar-refractivity contribution in [3.8, 4) is 0 Å². The third-order valence-corrected chi connectivity index (χ3v) is 3.29. The zero-order valence-electron chi connectivity index (χ0n) is 10.2. The van der Waals surface area contributed by atoms with Crippen LogP contribution in [0.2, 0.25) is 0 Å². The largest absolute Gasteiger partial charge is 0.477 e. The van der Waals surface area contributed by atoms with Crippen LogP contribution in [0.3, 0.4) is 0 Å². The highest BCUT2D eigenvalue weighted by atomic mass is 32.1. The molecule has 0 aromatic carbocycles. The molecule has 2 rings (SSSR count). The highest BCUT2D eigenvalue weighted by Gasteiger charge is 2.14. The van der Waals surface area contributed by atoms with Crippen molar-refractivity contribution in [3.63, 3.8) is 0 Å². The molecule has 2 aromatic heterocycles. The molecular formula is C11H14N4O2S. The lowest BCUT2D eigenvalue weighted by Gasteiger charge is -2.14. The summed E-state index contributed by atoms with van der Waals surface area (Å²) in [4.78, 5) is 17.3. The standard InChI is InChI=1S/C11H14N4O2S/c1-7-13-9(6-18-7)5-15(2)4-8-3-12-14-10(8)11(16)17/h3,6H,4-5H2,1-2H3,(H,12,14)(H,16,17). The molecule has 0 saturated carbocycles. The zero-order valence-corrected chi connectivity index (χ0v) is 11.0. The second-order valence-corrected chi connectivity index (χ2v) is 5.17. The lowest BCUT2D eigenvalue weighted by Crippen LogP contribution is -2.18. The molecule has 18 heavy (non-hydrogen) atoms. The Labute approximate surface area is 108 Å². The van der Waals surface area contributed by atoms with E-state index < -0.39 is 5.97 Å². The van der Waals surface area contributed by atoms with Gasteiger partial charge in [-0.1, -0.05) is 0 Å². The van der Waals surface area contributed by atoms with Crippen LogP contribution in [0.25, 0.3) is 0 Å². The lowest BCUT2D eigenvalue weighted by atomic mass is 10.2. The Hall–Kier alpha value is -1.73. The van der Waals surface area contributed by atoms with E-state index in [1.807, 2.05) is 24.3 Å². The van der Waals surface area contributed by atoms with Gasteiger partial charge in [-0.3, -0.25) is 10.00 Å². The van der Waals surface area contributed by atoms with Gasteiger partial charge in [0.05, 0.1) is 16.9 Å². The highest BCUT2D eigenvalue weighted by Crippen LogP contribution is 2.13. The summed E-state index contributed by atoms with van der Waals surface area (Å²) in [6.45, 7) is 3.18. The Bertz CT molecular complexity index is 549. The second-order valence-electron chi connectivity index (χ2n) is 4.11. The smallest absolute Gasteiger partial charge is 0.354 e. The average Bonchev–Trinajstić information content (AvgIpc) is 2.87. The van der Waals surface area contributed by atoms with Crippen LogP contribution >= 0.6 is 11.3 Å². The molecule has 0 aliphatic rings. The van der Waals surface area contributed by atoms with Crippen molar-refractivity contribution in [2.24, 2.45) is 0 Å². The van der Waals surface area contributed by atoms with Gasteiger partial charge in [0.1, 0.15) is 5.69 Å². The average molecular weight is 266 g/mol. The van der Waals surface area contributed by atoms with Gasteiger partial charge < -0.3 is 5.11 Å². The van der Waals surface area contributed by atoms with Gasteiger partial charge in [0.2, 0.25) is 0 Å². The Kier molecular flexibility index (Phi) is 3.73. The number of rotatable bonds is 5. The monoisotopic (exact) mass is 266 g/mol. The van der Waals surface area contributed by atoms with E-state index in [-0.39, 0.29) is 5.69 Å². The van der Waals surface area contributed by atoms with Crippen molar-refractivity contribution in [3.05, 3.63) is 33.5 Å². The predicted octanol–water partition coefficient (Wildman–Crippen LogP) is 1.50. The number of aryl methyl sites for hydroxylation is 1. The summed E-state index contributed by atoms with van der Waals surface area (Å²) in [5.41, 5.74) is 1.83. The van der Waals surface area contributed by atoms with Crippen LogP contribution in [0.15, 0.2) is 11.6 Å². The number of hydrogen-bond donors (Lipinski definition) is 2. The summed E-state index contributed by atoms with van der Waals surface area (Å²) < 4.78 is 0. The normalized spacial score (nSPS) is 11.1. The van der Waals surface area contributed by atoms with E-state index in [1.165, 1.54) is 0 Å². The van der Waals surface area contributed by atoms with E-state index in [1.54, 1.807) is 17.5 Å². The van der Waals surface area contributed by atoms with Crippen LogP contribution in [0.4, 0.5) is 0 Å². The molecular weight excluding hydrogens is 252 g/mol. The van der Waals surface area contributed by atoms with Gasteiger partial charge in [-0.05, 0) is 14.0 Å². The number of carboxylic acid groups (broad SMARTS) is 1. The highest BCUT2D eigenvalue weighted by molar-refractivity contribution is 7.09. The number of aromatic nitrogens is 3. The van der Waals surface area contributed by atoms with Crippen molar-refractivity contribution in [1.29, 1.82) is 0 Å². The van der Waals surface area contributed by atoms with Crippen LogP contribution in [-0.2, 0) is 13.1 Å². The fourth-order valence-electron chi connectivity index (χ4n) is 1.72. The Morgan fingerprint density at radius 3 is 2.94 bits per heavy atom. The molecule has 0 amide bonds. The molecule has 7 heteroatoms.